The molecule has 0 unspecified atom stereocenters. The van der Waals surface area contributed by atoms with Gasteiger partial charge in [-0.25, -0.2) is 19.4 Å². The van der Waals surface area contributed by atoms with E-state index in [-0.39, 0.29) is 11.1 Å². The van der Waals surface area contributed by atoms with Gasteiger partial charge in [0.25, 0.3) is 0 Å². The van der Waals surface area contributed by atoms with Crippen molar-refractivity contribution in [2.45, 2.75) is 0 Å². The molecule has 20 heavy (non-hydrogen) atoms. The van der Waals surface area contributed by atoms with Crippen LogP contribution >= 0.6 is 0 Å². The van der Waals surface area contributed by atoms with Gasteiger partial charge in [-0.3, -0.25) is 9.59 Å². The Morgan fingerprint density at radius 2 is 1.70 bits per heavy atom. The van der Waals surface area contributed by atoms with E-state index in [1.807, 2.05) is 0 Å². The minimum absolute atomic E-state index is 0.0991. The highest BCUT2D eigenvalue weighted by Crippen LogP contribution is 2.21. The zero-order valence-corrected chi connectivity index (χ0v) is 10.1. The maximum absolute atomic E-state index is 12.0. The molecule has 0 bridgehead atoms. The average Bonchev–Trinajstić information content (AvgIpc) is 2.48. The minimum atomic E-state index is -1.21. The molecule has 1 aliphatic carbocycles. The highest BCUT2D eigenvalue weighted by Gasteiger charge is 2.31. The number of fused-ring (bicyclic) bond motifs is 1. The molecule has 1 aromatic carbocycles. The van der Waals surface area contributed by atoms with Crippen molar-refractivity contribution < 1.29 is 29.0 Å². The molecule has 0 aliphatic heterocycles. The van der Waals surface area contributed by atoms with Gasteiger partial charge in [-0.15, -0.1) is 0 Å². The van der Waals surface area contributed by atoms with E-state index < -0.39 is 29.1 Å². The second-order valence-corrected chi connectivity index (χ2v) is 3.77. The van der Waals surface area contributed by atoms with E-state index in [1.54, 1.807) is 12.1 Å². The monoisotopic (exact) mass is 272 g/mol. The van der Waals surface area contributed by atoms with Crippen LogP contribution in [0.2, 0.25) is 0 Å². The first-order valence-corrected chi connectivity index (χ1v) is 5.49. The molecule has 0 aromatic heterocycles. The molecule has 100 valence electrons. The van der Waals surface area contributed by atoms with Gasteiger partial charge in [-0.2, -0.15) is 0 Å². The zero-order chi connectivity index (χ0) is 14.7. The van der Waals surface area contributed by atoms with Crippen LogP contribution in [0.4, 0.5) is 0 Å². The molecule has 1 aliphatic rings. The Morgan fingerprint density at radius 3 is 2.35 bits per heavy atom. The summed E-state index contributed by atoms with van der Waals surface area (Å²) in [7, 11) is 0. The van der Waals surface area contributed by atoms with Crippen LogP contribution in [0, 0.1) is 0 Å². The molecule has 0 amide bonds. The van der Waals surface area contributed by atoms with Gasteiger partial charge in [0.2, 0.25) is 5.78 Å². The van der Waals surface area contributed by atoms with E-state index in [2.05, 4.69) is 16.4 Å². The third kappa shape index (κ3) is 2.39. The van der Waals surface area contributed by atoms with Crippen molar-refractivity contribution in [2.75, 3.05) is 0 Å². The van der Waals surface area contributed by atoms with Crippen LogP contribution in [0.1, 0.15) is 20.7 Å². The van der Waals surface area contributed by atoms with E-state index in [4.69, 9.17) is 0 Å². The van der Waals surface area contributed by atoms with Crippen molar-refractivity contribution in [1.29, 1.82) is 0 Å². The van der Waals surface area contributed by atoms with Crippen molar-refractivity contribution in [3.05, 3.63) is 59.7 Å². The van der Waals surface area contributed by atoms with Gasteiger partial charge in [-0.05, 0) is 0 Å². The van der Waals surface area contributed by atoms with E-state index >= 15 is 0 Å². The number of Topliss-reactive ketones (excluding diaryl/α,β-unsaturated/α-hetero) is 1. The number of allylic oxidation sites excluding steroid dienone is 1. The fraction of sp³-hybridized carbons (Fsp3) is 0. The molecule has 0 N–H and O–H groups in total. The van der Waals surface area contributed by atoms with Gasteiger partial charge in [0.1, 0.15) is 5.57 Å². The van der Waals surface area contributed by atoms with Crippen molar-refractivity contribution in [1.82, 2.24) is 0 Å². The normalized spacial score (nSPS) is 13.1. The average molecular weight is 272 g/mol. The summed E-state index contributed by atoms with van der Waals surface area (Å²) < 4.78 is 0. The standard InChI is InChI=1S/C14H8O6/c1-2-12(16)19-20-14(18)10-7-11(15)8-5-3-4-6-9(8)13(10)17/h2-7H,1H2. The van der Waals surface area contributed by atoms with Crippen LogP contribution in [0.3, 0.4) is 0 Å². The predicted octanol–water partition coefficient (Wildman–Crippen LogP) is 1.18. The Morgan fingerprint density at radius 1 is 1.05 bits per heavy atom. The van der Waals surface area contributed by atoms with Crippen molar-refractivity contribution in [2.24, 2.45) is 0 Å². The zero-order valence-electron chi connectivity index (χ0n) is 10.1. The molecule has 0 saturated carbocycles. The SMILES string of the molecule is C=CC(=O)OOC(=O)C1=CC(=O)c2ccccc2C1=O. The number of carbonyl (C=O) groups is 4. The first-order valence-electron chi connectivity index (χ1n) is 5.49. The summed E-state index contributed by atoms with van der Waals surface area (Å²) in [6.07, 6.45) is 1.64. The van der Waals surface area contributed by atoms with Crippen molar-refractivity contribution >= 4 is 23.5 Å². The third-order valence-corrected chi connectivity index (χ3v) is 2.54. The molecular formula is C14H8O6. The molecule has 0 fully saturated rings. The van der Waals surface area contributed by atoms with E-state index in [0.29, 0.717) is 0 Å². The van der Waals surface area contributed by atoms with Gasteiger partial charge in [-0.1, -0.05) is 30.8 Å². The minimum Gasteiger partial charge on any atom is -0.289 e. The fourth-order valence-electron chi connectivity index (χ4n) is 1.62. The Labute approximate surface area is 113 Å². The summed E-state index contributed by atoms with van der Waals surface area (Å²) in [4.78, 5) is 54.4. The fourth-order valence-corrected chi connectivity index (χ4v) is 1.62. The van der Waals surface area contributed by atoms with Gasteiger partial charge in [0.05, 0.1) is 0 Å². The molecule has 0 atom stereocenters. The highest BCUT2D eigenvalue weighted by atomic mass is 17.2. The maximum Gasteiger partial charge on any atom is 0.390 e. The Balaban J connectivity index is 2.24. The lowest BCUT2D eigenvalue weighted by molar-refractivity contribution is -0.251. The van der Waals surface area contributed by atoms with Crippen LogP contribution in [-0.4, -0.2) is 23.5 Å². The molecule has 0 saturated heterocycles. The third-order valence-electron chi connectivity index (χ3n) is 2.54. The Hall–Kier alpha value is -3.02. The smallest absolute Gasteiger partial charge is 0.289 e. The summed E-state index contributed by atoms with van der Waals surface area (Å²) in [5.41, 5.74) is -0.190. The number of rotatable bonds is 2. The Kier molecular flexibility index (Phi) is 3.56. The van der Waals surface area contributed by atoms with E-state index in [1.165, 1.54) is 12.1 Å². The topological polar surface area (TPSA) is 86.7 Å². The van der Waals surface area contributed by atoms with Crippen molar-refractivity contribution in [3.8, 4) is 0 Å². The second kappa shape index (κ2) is 5.31. The summed E-state index contributed by atoms with van der Waals surface area (Å²) in [6, 6.07) is 6.07. The van der Waals surface area contributed by atoms with Gasteiger partial charge in [0, 0.05) is 23.3 Å². The quantitative estimate of drug-likeness (QED) is 0.348. The van der Waals surface area contributed by atoms with Gasteiger partial charge in [0.15, 0.2) is 5.78 Å². The van der Waals surface area contributed by atoms with Gasteiger partial charge >= 0.3 is 11.9 Å². The maximum atomic E-state index is 12.0. The molecule has 6 heteroatoms. The lowest BCUT2D eigenvalue weighted by Crippen LogP contribution is -2.24. The molecule has 2 rings (SSSR count). The van der Waals surface area contributed by atoms with E-state index in [0.717, 1.165) is 12.2 Å². The van der Waals surface area contributed by atoms with Crippen LogP contribution < -0.4 is 0 Å². The van der Waals surface area contributed by atoms with Gasteiger partial charge < -0.3 is 0 Å². The number of hydrogen-bond donors (Lipinski definition) is 0. The number of ketones is 2. The van der Waals surface area contributed by atoms with Crippen LogP contribution in [0.15, 0.2) is 48.6 Å². The Bertz CT molecular complexity index is 668. The highest BCUT2D eigenvalue weighted by molar-refractivity contribution is 6.33. The first-order chi connectivity index (χ1) is 9.54. The largest absolute Gasteiger partial charge is 0.390 e. The van der Waals surface area contributed by atoms with Crippen LogP contribution in [0.25, 0.3) is 0 Å². The number of carbonyl (C=O) groups excluding carboxylic acids is 4. The van der Waals surface area contributed by atoms with Crippen LogP contribution in [-0.2, 0) is 19.4 Å². The summed E-state index contributed by atoms with van der Waals surface area (Å²) in [5, 5.41) is 0. The van der Waals surface area contributed by atoms with Crippen LogP contribution in [0.5, 0.6) is 0 Å². The molecule has 0 heterocycles. The first kappa shape index (κ1) is 13.4. The summed E-state index contributed by atoms with van der Waals surface area (Å²) in [6.45, 7) is 3.11. The summed E-state index contributed by atoms with van der Waals surface area (Å²) >= 11 is 0. The predicted molar refractivity (Wildman–Crippen MR) is 65.6 cm³/mol. The number of hydrogen-bond acceptors (Lipinski definition) is 6. The summed E-state index contributed by atoms with van der Waals surface area (Å²) in [5.74, 6) is -3.37. The molecule has 0 spiro atoms. The van der Waals surface area contributed by atoms with Crippen molar-refractivity contribution in [3.63, 3.8) is 0 Å². The molecule has 0 radical (unpaired) electrons. The molecule has 1 aromatic rings. The lowest BCUT2D eigenvalue weighted by atomic mass is 9.90. The number of benzene rings is 1. The molecular weight excluding hydrogens is 264 g/mol. The van der Waals surface area contributed by atoms with E-state index in [9.17, 15) is 19.2 Å². The lowest BCUT2D eigenvalue weighted by Gasteiger charge is -2.12. The second-order valence-electron chi connectivity index (χ2n) is 3.77. The molecule has 6 nitrogen and oxygen atoms in total.